The highest BCUT2D eigenvalue weighted by molar-refractivity contribution is 9.10. The van der Waals surface area contributed by atoms with Gasteiger partial charge in [0, 0.05) is 38.7 Å². The van der Waals surface area contributed by atoms with E-state index < -0.39 is 5.97 Å². The van der Waals surface area contributed by atoms with Gasteiger partial charge in [-0.1, -0.05) is 39.1 Å². The number of aromatic hydroxyl groups is 1. The van der Waals surface area contributed by atoms with Crippen LogP contribution in [-0.4, -0.2) is 22.3 Å². The van der Waals surface area contributed by atoms with Crippen LogP contribution in [0, 0.1) is 0 Å². The molecule has 8 heteroatoms. The number of hydrogen-bond acceptors (Lipinski definition) is 5. The minimum atomic E-state index is -0.638. The summed E-state index contributed by atoms with van der Waals surface area (Å²) >= 11 is 15.2. The summed E-state index contributed by atoms with van der Waals surface area (Å²) in [5.41, 5.74) is 1.12. The quantitative estimate of drug-likeness (QED) is 0.299. The maximum absolute atomic E-state index is 12.2. The molecule has 0 aliphatic carbocycles. The maximum Gasteiger partial charge on any atom is 0.345 e. The highest BCUT2D eigenvalue weighted by Crippen LogP contribution is 2.34. The van der Waals surface area contributed by atoms with Gasteiger partial charge in [-0.05, 0) is 42.5 Å². The van der Waals surface area contributed by atoms with Crippen LogP contribution in [0.5, 0.6) is 11.5 Å². The molecule has 3 aromatic rings. The van der Waals surface area contributed by atoms with Crippen molar-refractivity contribution < 1.29 is 14.6 Å². The number of hydrogen-bond donors (Lipinski definition) is 1. The van der Waals surface area contributed by atoms with E-state index in [1.165, 1.54) is 18.5 Å². The van der Waals surface area contributed by atoms with E-state index in [4.69, 9.17) is 27.9 Å². The summed E-state index contributed by atoms with van der Waals surface area (Å²) in [5, 5.41) is 11.3. The van der Waals surface area contributed by atoms with Crippen molar-refractivity contribution in [1.29, 1.82) is 0 Å². The number of nitrogens with zero attached hydrogens (tertiary/aromatic N) is 2. The Hall–Kier alpha value is -2.41. The number of benzene rings is 2. The molecule has 0 saturated carbocycles. The number of halogens is 3. The number of aromatic nitrogens is 1. The van der Waals surface area contributed by atoms with Crippen LogP contribution in [0.2, 0.25) is 10.0 Å². The number of rotatable bonds is 4. The summed E-state index contributed by atoms with van der Waals surface area (Å²) in [6.45, 7) is 0. The minimum Gasteiger partial charge on any atom is -0.504 e. The molecule has 0 aliphatic rings. The molecule has 2 aromatic carbocycles. The summed E-state index contributed by atoms with van der Waals surface area (Å²) in [6, 6.07) is 11.1. The molecule has 0 fully saturated rings. The smallest absolute Gasteiger partial charge is 0.345 e. The molecule has 27 heavy (non-hydrogen) atoms. The molecule has 0 saturated heterocycles. The summed E-state index contributed by atoms with van der Waals surface area (Å²) < 4.78 is 5.88. The molecule has 0 atom stereocenters. The average Bonchev–Trinajstić information content (AvgIpc) is 2.63. The second kappa shape index (κ2) is 8.52. The fourth-order valence-corrected chi connectivity index (χ4v) is 3.14. The highest BCUT2D eigenvalue weighted by Gasteiger charge is 2.15. The van der Waals surface area contributed by atoms with Crippen molar-refractivity contribution in [3.63, 3.8) is 0 Å². The van der Waals surface area contributed by atoms with Crippen molar-refractivity contribution in [1.82, 2.24) is 4.98 Å². The first kappa shape index (κ1) is 19.4. The van der Waals surface area contributed by atoms with E-state index >= 15 is 0 Å². The third kappa shape index (κ3) is 5.07. The van der Waals surface area contributed by atoms with Crippen molar-refractivity contribution in [2.45, 2.75) is 0 Å². The number of phenolic OH excluding ortho intramolecular Hbond substituents is 1. The SMILES string of the molecule is O=C(Oc1cc(Br)cc(C=Nc2cc(Cl)cc(Cl)c2)c1O)c1cccnc1. The molecule has 0 amide bonds. The summed E-state index contributed by atoms with van der Waals surface area (Å²) in [7, 11) is 0. The van der Waals surface area contributed by atoms with Gasteiger partial charge in [-0.15, -0.1) is 0 Å². The van der Waals surface area contributed by atoms with E-state index in [-0.39, 0.29) is 17.1 Å². The molecule has 5 nitrogen and oxygen atoms in total. The third-order valence-corrected chi connectivity index (χ3v) is 4.26. The Bertz CT molecular complexity index is 1010. The van der Waals surface area contributed by atoms with Crippen LogP contribution in [0.1, 0.15) is 15.9 Å². The molecule has 1 aromatic heterocycles. The first-order valence-corrected chi connectivity index (χ1v) is 9.12. The number of pyridine rings is 1. The number of phenols is 1. The Morgan fingerprint density at radius 3 is 2.59 bits per heavy atom. The van der Waals surface area contributed by atoms with Crippen LogP contribution in [0.15, 0.2) is 64.3 Å². The second-order valence-corrected chi connectivity index (χ2v) is 7.15. The van der Waals surface area contributed by atoms with E-state index in [9.17, 15) is 9.90 Å². The lowest BCUT2D eigenvalue weighted by atomic mass is 10.2. The summed E-state index contributed by atoms with van der Waals surface area (Å²) in [5.74, 6) is -0.878. The fourth-order valence-electron chi connectivity index (χ4n) is 2.17. The zero-order valence-electron chi connectivity index (χ0n) is 13.6. The summed E-state index contributed by atoms with van der Waals surface area (Å²) in [4.78, 5) is 20.3. The number of ether oxygens (including phenoxy) is 1. The Kier molecular flexibility index (Phi) is 6.11. The largest absolute Gasteiger partial charge is 0.504 e. The van der Waals surface area contributed by atoms with Gasteiger partial charge in [0.1, 0.15) is 0 Å². The van der Waals surface area contributed by atoms with E-state index in [1.54, 1.807) is 42.6 Å². The van der Waals surface area contributed by atoms with Gasteiger partial charge in [0.15, 0.2) is 11.5 Å². The topological polar surface area (TPSA) is 71.8 Å². The molecule has 136 valence electrons. The Morgan fingerprint density at radius 1 is 1.19 bits per heavy atom. The molecular formula is C19H11BrCl2N2O3. The molecular weight excluding hydrogens is 455 g/mol. The Labute approximate surface area is 173 Å². The second-order valence-electron chi connectivity index (χ2n) is 5.36. The fraction of sp³-hybridized carbons (Fsp3) is 0. The van der Waals surface area contributed by atoms with Crippen molar-refractivity contribution in [2.24, 2.45) is 4.99 Å². The molecule has 0 bridgehead atoms. The van der Waals surface area contributed by atoms with Crippen LogP contribution in [0.25, 0.3) is 0 Å². The van der Waals surface area contributed by atoms with Gasteiger partial charge in [-0.3, -0.25) is 9.98 Å². The predicted octanol–water partition coefficient (Wildman–Crippen LogP) is 5.83. The standard InChI is InChI=1S/C19H11BrCl2N2O3/c20-13-4-12(10-24-16-7-14(21)6-15(22)8-16)18(25)17(5-13)27-19(26)11-2-1-3-23-9-11/h1-10,25H. The highest BCUT2D eigenvalue weighted by atomic mass is 79.9. The van der Waals surface area contributed by atoms with Gasteiger partial charge in [-0.25, -0.2) is 4.79 Å². The van der Waals surface area contributed by atoms with Crippen LogP contribution in [-0.2, 0) is 0 Å². The molecule has 0 spiro atoms. The minimum absolute atomic E-state index is 0.0104. The van der Waals surface area contributed by atoms with Crippen molar-refractivity contribution >= 4 is 57.0 Å². The van der Waals surface area contributed by atoms with Crippen molar-refractivity contribution in [3.8, 4) is 11.5 Å². The van der Waals surface area contributed by atoms with Crippen LogP contribution in [0.3, 0.4) is 0 Å². The molecule has 0 unspecified atom stereocenters. The van der Waals surface area contributed by atoms with Crippen molar-refractivity contribution in [3.05, 3.63) is 80.5 Å². The normalized spacial score (nSPS) is 10.9. The van der Waals surface area contributed by atoms with Gasteiger partial charge in [0.05, 0.1) is 11.3 Å². The zero-order chi connectivity index (χ0) is 19.4. The Balaban J connectivity index is 1.89. The predicted molar refractivity (Wildman–Crippen MR) is 109 cm³/mol. The van der Waals surface area contributed by atoms with Gasteiger partial charge < -0.3 is 9.84 Å². The lowest BCUT2D eigenvalue weighted by Gasteiger charge is -2.09. The molecule has 1 N–H and O–H groups in total. The molecule has 0 aliphatic heterocycles. The molecule has 1 heterocycles. The number of carbonyl (C=O) groups is 1. The van der Waals surface area contributed by atoms with Crippen molar-refractivity contribution in [2.75, 3.05) is 0 Å². The summed E-state index contributed by atoms with van der Waals surface area (Å²) in [6.07, 6.45) is 4.34. The lowest BCUT2D eigenvalue weighted by Crippen LogP contribution is -2.09. The third-order valence-electron chi connectivity index (χ3n) is 3.37. The van der Waals surface area contributed by atoms with Crippen LogP contribution >= 0.6 is 39.1 Å². The van der Waals surface area contributed by atoms with Gasteiger partial charge >= 0.3 is 5.97 Å². The van der Waals surface area contributed by atoms with Gasteiger partial charge in [0.2, 0.25) is 0 Å². The van der Waals surface area contributed by atoms with Gasteiger partial charge in [0.25, 0.3) is 0 Å². The molecule has 3 rings (SSSR count). The monoisotopic (exact) mass is 464 g/mol. The lowest BCUT2D eigenvalue weighted by molar-refractivity contribution is 0.0729. The van der Waals surface area contributed by atoms with Crippen LogP contribution < -0.4 is 4.74 Å². The maximum atomic E-state index is 12.2. The first-order chi connectivity index (χ1) is 12.9. The van der Waals surface area contributed by atoms with E-state index in [0.29, 0.717) is 25.8 Å². The Morgan fingerprint density at radius 2 is 1.93 bits per heavy atom. The van der Waals surface area contributed by atoms with Gasteiger partial charge in [-0.2, -0.15) is 0 Å². The van der Waals surface area contributed by atoms with E-state index in [0.717, 1.165) is 0 Å². The number of carbonyl (C=O) groups excluding carboxylic acids is 1. The zero-order valence-corrected chi connectivity index (χ0v) is 16.7. The van der Waals surface area contributed by atoms with Crippen LogP contribution in [0.4, 0.5) is 5.69 Å². The first-order valence-electron chi connectivity index (χ1n) is 7.57. The average molecular weight is 466 g/mol. The number of aliphatic imine (C=N–C) groups is 1. The number of esters is 1. The van der Waals surface area contributed by atoms with E-state index in [1.807, 2.05) is 0 Å². The molecule has 0 radical (unpaired) electrons. The van der Waals surface area contributed by atoms with E-state index in [2.05, 4.69) is 25.9 Å².